The molecule has 8 nitrogen and oxygen atoms in total. The van der Waals surface area contributed by atoms with Crippen molar-refractivity contribution in [2.75, 3.05) is 31.7 Å². The maximum absolute atomic E-state index is 13.6. The van der Waals surface area contributed by atoms with Crippen LogP contribution in [0.1, 0.15) is 24.4 Å². The van der Waals surface area contributed by atoms with Crippen molar-refractivity contribution >= 4 is 11.3 Å². The summed E-state index contributed by atoms with van der Waals surface area (Å²) in [6.07, 6.45) is -5.54. The van der Waals surface area contributed by atoms with Crippen LogP contribution in [-0.4, -0.2) is 57.8 Å². The van der Waals surface area contributed by atoms with Gasteiger partial charge in [0.05, 0.1) is 19.0 Å². The van der Waals surface area contributed by atoms with Gasteiger partial charge in [-0.15, -0.1) is 5.10 Å². The van der Waals surface area contributed by atoms with E-state index in [0.29, 0.717) is 22.9 Å². The van der Waals surface area contributed by atoms with E-state index < -0.39 is 30.4 Å². The van der Waals surface area contributed by atoms with E-state index in [1.807, 2.05) is 0 Å². The van der Waals surface area contributed by atoms with Gasteiger partial charge in [0.15, 0.2) is 23.8 Å². The molecule has 0 amide bonds. The van der Waals surface area contributed by atoms with Gasteiger partial charge in [-0.3, -0.25) is 0 Å². The summed E-state index contributed by atoms with van der Waals surface area (Å²) < 4.78 is 89.0. The van der Waals surface area contributed by atoms with Gasteiger partial charge in [0.2, 0.25) is 5.88 Å². The fraction of sp³-hybridized carbons (Fsp3) is 0.545. The Bertz CT molecular complexity index is 1230. The SMILES string of the molecule is COc1cc(N2C[C@H]3CC[C@@H](C2)C3Cc2nc3c(OCC(F)(F)F)ccc(C(F)(F)F)n3n2)cnn1. The van der Waals surface area contributed by atoms with Crippen LogP contribution < -0.4 is 14.4 Å². The molecule has 2 fully saturated rings. The average Bonchev–Trinajstić information content (AvgIpc) is 3.32. The Balaban J connectivity index is 1.39. The number of nitrogens with zero attached hydrogens (tertiary/aromatic N) is 6. The quantitative estimate of drug-likeness (QED) is 0.455. The van der Waals surface area contributed by atoms with Crippen LogP contribution in [0.25, 0.3) is 5.65 Å². The minimum Gasteiger partial charge on any atom is -0.480 e. The maximum atomic E-state index is 13.6. The molecular formula is C22H22F6N6O2. The van der Waals surface area contributed by atoms with Crippen molar-refractivity contribution in [3.8, 4) is 11.6 Å². The Labute approximate surface area is 201 Å². The van der Waals surface area contributed by atoms with Crippen molar-refractivity contribution in [2.24, 2.45) is 17.8 Å². The molecule has 14 heteroatoms. The van der Waals surface area contributed by atoms with Crippen LogP contribution in [0.2, 0.25) is 0 Å². The van der Waals surface area contributed by atoms with Crippen LogP contribution >= 0.6 is 0 Å². The standard InChI is InChI=1S/C22H22F6N6O2/c1-35-19-6-14(8-29-31-19)33-9-12-2-3-13(10-33)15(12)7-18-30-20-16(36-11-21(23,24)25)4-5-17(22(26,27)28)34(20)32-18/h4-6,8,12-13,15H,2-3,7,9-11H2,1H3/t12-,13+,15?. The monoisotopic (exact) mass is 516 g/mol. The third-order valence-electron chi connectivity index (χ3n) is 6.81. The van der Waals surface area contributed by atoms with Crippen LogP contribution in [0, 0.1) is 17.8 Å². The molecule has 3 aromatic heterocycles. The van der Waals surface area contributed by atoms with Gasteiger partial charge in [-0.25, -0.2) is 9.50 Å². The second-order valence-corrected chi connectivity index (χ2v) is 9.07. The minimum absolute atomic E-state index is 0.129. The van der Waals surface area contributed by atoms with Crippen LogP contribution in [0.4, 0.5) is 32.0 Å². The lowest BCUT2D eigenvalue weighted by atomic mass is 9.82. The van der Waals surface area contributed by atoms with Crippen molar-refractivity contribution in [1.29, 1.82) is 0 Å². The third-order valence-corrected chi connectivity index (χ3v) is 6.81. The number of alkyl halides is 6. The second kappa shape index (κ2) is 8.96. The van der Waals surface area contributed by atoms with Gasteiger partial charge in [0, 0.05) is 25.6 Å². The van der Waals surface area contributed by atoms with Crippen molar-refractivity contribution in [3.05, 3.63) is 35.9 Å². The van der Waals surface area contributed by atoms with Gasteiger partial charge in [-0.05, 0) is 42.7 Å². The first-order valence-corrected chi connectivity index (χ1v) is 11.3. The van der Waals surface area contributed by atoms with E-state index in [2.05, 4.69) is 25.2 Å². The van der Waals surface area contributed by atoms with E-state index in [1.165, 1.54) is 7.11 Å². The van der Waals surface area contributed by atoms with E-state index in [4.69, 9.17) is 9.47 Å². The van der Waals surface area contributed by atoms with Crippen LogP contribution in [-0.2, 0) is 12.6 Å². The predicted molar refractivity (Wildman–Crippen MR) is 114 cm³/mol. The molecule has 1 aliphatic carbocycles. The summed E-state index contributed by atoms with van der Waals surface area (Å²) in [6.45, 7) is -0.207. The van der Waals surface area contributed by atoms with E-state index in [9.17, 15) is 26.3 Å². The largest absolute Gasteiger partial charge is 0.480 e. The molecule has 1 aliphatic heterocycles. The Morgan fingerprint density at radius 2 is 1.78 bits per heavy atom. The molecule has 0 N–H and O–H groups in total. The summed E-state index contributed by atoms with van der Waals surface area (Å²) in [5, 5.41) is 11.9. The molecule has 0 spiro atoms. The van der Waals surface area contributed by atoms with E-state index >= 15 is 0 Å². The zero-order valence-electron chi connectivity index (χ0n) is 19.1. The number of ether oxygens (including phenoxy) is 2. The van der Waals surface area contributed by atoms with Gasteiger partial charge in [0.25, 0.3) is 0 Å². The number of halogens is 6. The first-order chi connectivity index (χ1) is 17.0. The fourth-order valence-electron chi connectivity index (χ4n) is 5.26. The molecule has 2 aliphatic rings. The van der Waals surface area contributed by atoms with Gasteiger partial charge in [0.1, 0.15) is 5.69 Å². The minimum atomic E-state index is -4.77. The summed E-state index contributed by atoms with van der Waals surface area (Å²) in [4.78, 5) is 6.38. The molecule has 5 rings (SSSR count). The molecule has 0 aromatic carbocycles. The highest BCUT2D eigenvalue weighted by molar-refractivity contribution is 5.54. The molecule has 3 aromatic rings. The van der Waals surface area contributed by atoms with Crippen molar-refractivity contribution in [2.45, 2.75) is 31.6 Å². The number of methoxy groups -OCH3 is 1. The zero-order valence-corrected chi connectivity index (χ0v) is 19.1. The lowest BCUT2D eigenvalue weighted by Crippen LogP contribution is -2.42. The summed E-state index contributed by atoms with van der Waals surface area (Å²) in [5.41, 5.74) is -0.638. The van der Waals surface area contributed by atoms with Crippen molar-refractivity contribution < 1.29 is 35.8 Å². The van der Waals surface area contributed by atoms with Crippen molar-refractivity contribution in [3.63, 3.8) is 0 Å². The summed E-state index contributed by atoms with van der Waals surface area (Å²) in [7, 11) is 1.51. The molecule has 1 unspecified atom stereocenters. The third kappa shape index (κ3) is 4.85. The van der Waals surface area contributed by atoms with Crippen LogP contribution in [0.5, 0.6) is 11.6 Å². The Hall–Kier alpha value is -3.32. The zero-order chi connectivity index (χ0) is 25.7. The molecule has 3 atom stereocenters. The van der Waals surface area contributed by atoms with Crippen LogP contribution in [0.15, 0.2) is 24.4 Å². The highest BCUT2D eigenvalue weighted by Gasteiger charge is 2.43. The number of fused-ring (bicyclic) bond motifs is 3. The summed E-state index contributed by atoms with van der Waals surface area (Å²) in [6, 6.07) is 3.30. The number of anilines is 1. The number of aromatic nitrogens is 5. The summed E-state index contributed by atoms with van der Waals surface area (Å²) in [5.74, 6) is 0.765. The fourth-order valence-corrected chi connectivity index (χ4v) is 5.26. The molecule has 194 valence electrons. The maximum Gasteiger partial charge on any atom is 0.433 e. The first-order valence-electron chi connectivity index (χ1n) is 11.3. The number of rotatable bonds is 6. The first kappa shape index (κ1) is 24.4. The van der Waals surface area contributed by atoms with Gasteiger partial charge in [-0.1, -0.05) is 0 Å². The average molecular weight is 516 g/mol. The number of hydrogen-bond donors (Lipinski definition) is 0. The second-order valence-electron chi connectivity index (χ2n) is 9.07. The normalized spacial score (nSPS) is 22.3. The number of pyridine rings is 1. The molecule has 4 heterocycles. The van der Waals surface area contributed by atoms with E-state index in [0.717, 1.165) is 37.7 Å². The molecular weight excluding hydrogens is 494 g/mol. The molecule has 1 saturated carbocycles. The van der Waals surface area contributed by atoms with Gasteiger partial charge in [-0.2, -0.15) is 36.5 Å². The molecule has 0 radical (unpaired) electrons. The lowest BCUT2D eigenvalue weighted by molar-refractivity contribution is -0.153. The van der Waals surface area contributed by atoms with E-state index in [-0.39, 0.29) is 29.2 Å². The van der Waals surface area contributed by atoms with Gasteiger partial charge < -0.3 is 14.4 Å². The number of hydrogen-bond acceptors (Lipinski definition) is 7. The highest BCUT2D eigenvalue weighted by atomic mass is 19.4. The molecule has 36 heavy (non-hydrogen) atoms. The van der Waals surface area contributed by atoms with Gasteiger partial charge >= 0.3 is 12.4 Å². The highest BCUT2D eigenvalue weighted by Crippen LogP contribution is 2.45. The molecule has 1 saturated heterocycles. The summed E-state index contributed by atoms with van der Waals surface area (Å²) >= 11 is 0. The predicted octanol–water partition coefficient (Wildman–Crippen LogP) is 4.19. The Morgan fingerprint density at radius 3 is 2.42 bits per heavy atom. The topological polar surface area (TPSA) is 77.7 Å². The van der Waals surface area contributed by atoms with Crippen LogP contribution in [0.3, 0.4) is 0 Å². The van der Waals surface area contributed by atoms with E-state index in [1.54, 1.807) is 12.3 Å². The Morgan fingerprint density at radius 1 is 1.06 bits per heavy atom. The lowest BCUT2D eigenvalue weighted by Gasteiger charge is -2.38. The molecule has 2 bridgehead atoms. The number of piperidine rings is 1. The Kier molecular flexibility index (Phi) is 6.07. The van der Waals surface area contributed by atoms with Crippen molar-refractivity contribution in [1.82, 2.24) is 24.8 Å². The smallest absolute Gasteiger partial charge is 0.433 e.